The number of imidazole rings is 3. The predicted molar refractivity (Wildman–Crippen MR) is 154 cm³/mol. The van der Waals surface area contributed by atoms with Gasteiger partial charge in [-0.25, -0.2) is 15.0 Å². The molecule has 5 aromatic rings. The summed E-state index contributed by atoms with van der Waals surface area (Å²) in [6.45, 7) is 3.94. The number of aromatic nitrogens is 6. The largest absolute Gasteiger partial charge is 2.00 e. The Bertz CT molecular complexity index is 1200. The van der Waals surface area contributed by atoms with Crippen molar-refractivity contribution >= 4 is 35.3 Å². The maximum atomic E-state index is 10.4. The summed E-state index contributed by atoms with van der Waals surface area (Å²) < 4.78 is 7.12. The fourth-order valence-electron chi connectivity index (χ4n) is 2.72. The summed E-state index contributed by atoms with van der Waals surface area (Å²) in [5, 5.41) is 22.0. The van der Waals surface area contributed by atoms with Crippen molar-refractivity contribution < 1.29 is 29.7 Å². The van der Waals surface area contributed by atoms with Crippen LogP contribution in [0, 0.1) is 17.8 Å². The van der Waals surface area contributed by atoms with Crippen molar-refractivity contribution in [2.45, 2.75) is 29.3 Å². The fraction of sp³-hybridized carbons (Fsp3) is 0.185. The van der Waals surface area contributed by atoms with Crippen molar-refractivity contribution in [3.63, 3.8) is 0 Å². The molecule has 0 unspecified atom stereocenters. The molecular weight excluding hydrogens is 602 g/mol. The van der Waals surface area contributed by atoms with E-state index in [2.05, 4.69) is 15.0 Å². The third-order valence-corrected chi connectivity index (χ3v) is 8.64. The number of rotatable bonds is 6. The van der Waals surface area contributed by atoms with E-state index in [-0.39, 0.29) is 25.2 Å². The van der Waals surface area contributed by atoms with E-state index < -0.39 is 0 Å². The molecule has 2 aromatic carbocycles. The Morgan fingerprint density at radius 2 is 0.974 bits per heavy atom. The zero-order valence-corrected chi connectivity index (χ0v) is 28.0. The fourth-order valence-corrected chi connectivity index (χ4v) is 5.96. The molecular formula is C27H30N6O2S3Zn. The van der Waals surface area contributed by atoms with Gasteiger partial charge in [0.25, 0.3) is 0 Å². The number of benzene rings is 2. The Kier molecular flexibility index (Phi) is 13.7. The van der Waals surface area contributed by atoms with Gasteiger partial charge in [-0.1, -0.05) is 47.5 Å². The van der Waals surface area contributed by atoms with Gasteiger partial charge in [-0.15, -0.1) is 9.66 Å². The molecule has 0 saturated heterocycles. The molecule has 200 valence electrons. The molecule has 0 aliphatic heterocycles. The number of nitrogens with zero attached hydrogens (tertiary/aromatic N) is 6. The average molecular weight is 632 g/mol. The second kappa shape index (κ2) is 16.4. The topological polar surface area (TPSA) is 96.8 Å². The number of hydrogen-bond donors (Lipinski definition) is 1. The molecule has 0 amide bonds. The Morgan fingerprint density at radius 3 is 1.23 bits per heavy atom. The normalized spacial score (nSPS) is 10.2. The average Bonchev–Trinajstić information content (AvgIpc) is 3.61. The molecule has 0 fully saturated rings. The van der Waals surface area contributed by atoms with Crippen molar-refractivity contribution in [2.24, 2.45) is 21.1 Å². The zero-order valence-electron chi connectivity index (χ0n) is 22.6. The molecule has 0 aliphatic rings. The molecule has 0 saturated carbocycles. The second-order valence-electron chi connectivity index (χ2n) is 8.17. The van der Waals surface area contributed by atoms with E-state index in [0.29, 0.717) is 5.75 Å². The number of thioether (sulfide) groups is 3. The van der Waals surface area contributed by atoms with Gasteiger partial charge >= 0.3 is 19.5 Å². The minimum Gasteiger partial charge on any atom is -0.872 e. The smallest absolute Gasteiger partial charge is 0.872 e. The van der Waals surface area contributed by atoms with Crippen LogP contribution in [0.4, 0.5) is 0 Å². The Morgan fingerprint density at radius 1 is 0.641 bits per heavy atom. The van der Waals surface area contributed by atoms with Crippen molar-refractivity contribution in [2.75, 3.05) is 0 Å². The first-order valence-corrected chi connectivity index (χ1v) is 14.0. The minimum atomic E-state index is 0. The van der Waals surface area contributed by atoms with Crippen molar-refractivity contribution in [3.05, 3.63) is 101 Å². The van der Waals surface area contributed by atoms with Gasteiger partial charge in [0.15, 0.2) is 0 Å². The zero-order chi connectivity index (χ0) is 27.5. The van der Waals surface area contributed by atoms with Crippen LogP contribution in [-0.4, -0.2) is 33.8 Å². The van der Waals surface area contributed by atoms with E-state index in [1.54, 1.807) is 78.1 Å². The van der Waals surface area contributed by atoms with E-state index in [0.717, 1.165) is 24.9 Å². The molecule has 3 aromatic heterocycles. The first-order valence-electron chi connectivity index (χ1n) is 11.5. The van der Waals surface area contributed by atoms with Gasteiger partial charge in [-0.3, -0.25) is 35.3 Å². The van der Waals surface area contributed by atoms with Gasteiger partial charge in [0.1, 0.15) is 21.2 Å². The molecule has 0 atom stereocenters. The van der Waals surface area contributed by atoms with Crippen LogP contribution in [-0.2, 0) is 40.6 Å². The standard InChI is InChI=1S/C13H15N6S3.2C7H8O.Zn/c1-17-7-4-14-10(17)20-13(21-11-15-5-8-18(11)2)22-12-16-6-9-19(12)3;2*1-6-2-4-7(8)5-3-6;/h4-9H,1-3H3;2*2-5,8H,1H3;/q-1;;;+2/p-1. The second-order valence-corrected chi connectivity index (χ2v) is 11.9. The summed E-state index contributed by atoms with van der Waals surface area (Å²) in [5.74, 6) is 0.409. The number of hydrogen-bond acceptors (Lipinski definition) is 8. The van der Waals surface area contributed by atoms with Crippen molar-refractivity contribution in [1.82, 2.24) is 28.7 Å². The van der Waals surface area contributed by atoms with Crippen LogP contribution in [0.3, 0.4) is 0 Å². The van der Waals surface area contributed by atoms with Crippen molar-refractivity contribution in [1.29, 1.82) is 0 Å². The maximum Gasteiger partial charge on any atom is 2.00 e. The number of phenols is 1. The molecule has 5 rings (SSSR count). The molecule has 39 heavy (non-hydrogen) atoms. The molecule has 3 heterocycles. The van der Waals surface area contributed by atoms with Crippen LogP contribution in [0.1, 0.15) is 11.1 Å². The molecule has 8 nitrogen and oxygen atoms in total. The predicted octanol–water partition coefficient (Wildman–Crippen LogP) is 5.78. The Balaban J connectivity index is 0.000000257. The summed E-state index contributed by atoms with van der Waals surface area (Å²) in [7, 11) is 5.97. The molecule has 12 heteroatoms. The van der Waals surface area contributed by atoms with Gasteiger partial charge in [0.05, 0.1) is 0 Å². The summed E-state index contributed by atoms with van der Waals surface area (Å²) in [6.07, 6.45) is 11.2. The summed E-state index contributed by atoms with van der Waals surface area (Å²) in [4.78, 5) is 13.1. The van der Waals surface area contributed by atoms with Crippen LogP contribution in [0.15, 0.2) is 101 Å². The first-order chi connectivity index (χ1) is 18.2. The van der Waals surface area contributed by atoms with E-state index in [4.69, 9.17) is 5.11 Å². The molecule has 0 bridgehead atoms. The third-order valence-electron chi connectivity index (χ3n) is 4.91. The molecule has 0 radical (unpaired) electrons. The van der Waals surface area contributed by atoms with Gasteiger partial charge in [0, 0.05) is 58.3 Å². The van der Waals surface area contributed by atoms with E-state index in [1.165, 1.54) is 5.56 Å². The maximum absolute atomic E-state index is 10.4. The Labute approximate surface area is 255 Å². The van der Waals surface area contributed by atoms with Crippen LogP contribution < -0.4 is 5.11 Å². The van der Waals surface area contributed by atoms with Crippen molar-refractivity contribution in [3.8, 4) is 11.5 Å². The Hall–Kier alpha value is -2.66. The molecule has 0 spiro atoms. The van der Waals surface area contributed by atoms with E-state index in [9.17, 15) is 5.11 Å². The summed E-state index contributed by atoms with van der Waals surface area (Å²) in [6, 6.07) is 13.8. The van der Waals surface area contributed by atoms with E-state index in [1.807, 2.05) is 91.5 Å². The van der Waals surface area contributed by atoms with Gasteiger partial charge in [-0.2, -0.15) is 0 Å². The van der Waals surface area contributed by atoms with Crippen LogP contribution >= 0.6 is 35.3 Å². The molecule has 1 N–H and O–H groups in total. The summed E-state index contributed by atoms with van der Waals surface area (Å²) in [5.41, 5.74) is 2.30. The minimum absolute atomic E-state index is 0. The van der Waals surface area contributed by atoms with Gasteiger partial charge in [-0.05, 0) is 26.0 Å². The van der Waals surface area contributed by atoms with E-state index >= 15 is 0 Å². The van der Waals surface area contributed by atoms with Crippen LogP contribution in [0.25, 0.3) is 0 Å². The number of phenolic OH excluding ortho intramolecular Hbond substituents is 1. The number of aromatic hydroxyl groups is 1. The molecule has 0 aliphatic carbocycles. The number of aryl methyl sites for hydroxylation is 5. The van der Waals surface area contributed by atoms with Gasteiger partial charge in [0.2, 0.25) is 0 Å². The van der Waals surface area contributed by atoms with Crippen LogP contribution in [0.5, 0.6) is 11.5 Å². The first kappa shape index (κ1) is 32.6. The quantitative estimate of drug-likeness (QED) is 0.143. The SMILES string of the molecule is Cc1ccc(O)cc1.Cc1ccc([O-])cc1.Cn1ccnc1S[C-](Sc1nccn1C)Sc1nccn1C.[Zn+2]. The van der Waals surface area contributed by atoms with Gasteiger partial charge < -0.3 is 23.9 Å². The third kappa shape index (κ3) is 11.2. The monoisotopic (exact) mass is 630 g/mol. The summed E-state index contributed by atoms with van der Waals surface area (Å²) >= 11 is 4.87. The van der Waals surface area contributed by atoms with Crippen LogP contribution in [0.2, 0.25) is 0 Å².